The number of carbonyl (C=O) groups excluding carboxylic acids is 1. The van der Waals surface area contributed by atoms with Crippen molar-refractivity contribution in [1.29, 1.82) is 0 Å². The van der Waals surface area contributed by atoms with Crippen molar-refractivity contribution in [3.8, 4) is 27.7 Å². The first-order chi connectivity index (χ1) is 15.1. The Labute approximate surface area is 192 Å². The van der Waals surface area contributed by atoms with Gasteiger partial charge in [-0.05, 0) is 49.6 Å². The minimum atomic E-state index is -0.122. The molecule has 3 heterocycles. The Hall–Kier alpha value is -2.69. The number of rotatable bonds is 8. The maximum atomic E-state index is 12.5. The highest BCUT2D eigenvalue weighted by molar-refractivity contribution is 7.99. The lowest BCUT2D eigenvalue weighted by Gasteiger charge is -2.06. The van der Waals surface area contributed by atoms with E-state index in [4.69, 9.17) is 4.74 Å². The maximum absolute atomic E-state index is 12.5. The van der Waals surface area contributed by atoms with E-state index in [0.29, 0.717) is 5.13 Å². The SMILES string of the molecule is CCn1c(SCC(=O)Nc2nc(-c3ccc(OC)cc3)c(C)s2)nnc1-c1cccs1. The molecule has 0 spiro atoms. The molecule has 0 saturated heterocycles. The summed E-state index contributed by atoms with van der Waals surface area (Å²) in [7, 11) is 1.64. The largest absolute Gasteiger partial charge is 0.497 e. The summed E-state index contributed by atoms with van der Waals surface area (Å²) in [6, 6.07) is 11.7. The molecule has 0 saturated carbocycles. The number of benzene rings is 1. The summed E-state index contributed by atoms with van der Waals surface area (Å²) in [5, 5.41) is 14.8. The molecule has 0 aliphatic heterocycles. The van der Waals surface area contributed by atoms with Crippen LogP contribution in [0.5, 0.6) is 5.75 Å². The van der Waals surface area contributed by atoms with Crippen LogP contribution in [-0.2, 0) is 11.3 Å². The molecule has 1 amide bonds. The number of amides is 1. The maximum Gasteiger partial charge on any atom is 0.236 e. The molecular weight excluding hydrogens is 450 g/mol. The molecule has 3 aromatic heterocycles. The number of thiazole rings is 1. The number of hydrogen-bond donors (Lipinski definition) is 1. The Morgan fingerprint density at radius 3 is 2.71 bits per heavy atom. The lowest BCUT2D eigenvalue weighted by Crippen LogP contribution is -2.14. The molecule has 160 valence electrons. The Balaban J connectivity index is 1.41. The van der Waals surface area contributed by atoms with Crippen molar-refractivity contribution in [3.63, 3.8) is 0 Å². The van der Waals surface area contributed by atoms with Gasteiger partial charge in [-0.3, -0.25) is 4.79 Å². The summed E-state index contributed by atoms with van der Waals surface area (Å²) >= 11 is 4.46. The van der Waals surface area contributed by atoms with Gasteiger partial charge in [0.05, 0.1) is 23.4 Å². The smallest absolute Gasteiger partial charge is 0.236 e. The summed E-state index contributed by atoms with van der Waals surface area (Å²) in [5.74, 6) is 1.74. The molecule has 7 nitrogen and oxygen atoms in total. The number of aryl methyl sites for hydroxylation is 1. The molecule has 0 atom stereocenters. The topological polar surface area (TPSA) is 81.9 Å². The van der Waals surface area contributed by atoms with Crippen LogP contribution < -0.4 is 10.1 Å². The van der Waals surface area contributed by atoms with Gasteiger partial charge in [0.15, 0.2) is 16.1 Å². The molecule has 1 N–H and O–H groups in total. The van der Waals surface area contributed by atoms with Crippen LogP contribution >= 0.6 is 34.4 Å². The molecule has 0 bridgehead atoms. The summed E-state index contributed by atoms with van der Waals surface area (Å²) in [5.41, 5.74) is 1.85. The zero-order valence-electron chi connectivity index (χ0n) is 17.3. The highest BCUT2D eigenvalue weighted by atomic mass is 32.2. The minimum Gasteiger partial charge on any atom is -0.497 e. The van der Waals surface area contributed by atoms with Crippen molar-refractivity contribution in [2.45, 2.75) is 25.5 Å². The normalized spacial score (nSPS) is 10.9. The van der Waals surface area contributed by atoms with E-state index in [2.05, 4.69) is 20.5 Å². The molecule has 4 aromatic rings. The third kappa shape index (κ3) is 4.81. The number of aromatic nitrogens is 4. The molecule has 0 aliphatic rings. The van der Waals surface area contributed by atoms with E-state index < -0.39 is 0 Å². The van der Waals surface area contributed by atoms with Gasteiger partial charge in [0.1, 0.15) is 5.75 Å². The van der Waals surface area contributed by atoms with Crippen LogP contribution in [0.2, 0.25) is 0 Å². The fourth-order valence-corrected chi connectivity index (χ4v) is 5.39. The van der Waals surface area contributed by atoms with Gasteiger partial charge in [0.25, 0.3) is 0 Å². The van der Waals surface area contributed by atoms with Crippen molar-refractivity contribution < 1.29 is 9.53 Å². The first-order valence-electron chi connectivity index (χ1n) is 9.60. The first kappa shape index (κ1) is 21.5. The summed E-state index contributed by atoms with van der Waals surface area (Å²) < 4.78 is 7.23. The predicted octanol–water partition coefficient (Wildman–Crippen LogP) is 5.20. The van der Waals surface area contributed by atoms with Gasteiger partial charge in [-0.2, -0.15) is 0 Å². The molecule has 31 heavy (non-hydrogen) atoms. The zero-order valence-corrected chi connectivity index (χ0v) is 19.7. The van der Waals surface area contributed by atoms with E-state index in [0.717, 1.165) is 44.3 Å². The lowest BCUT2D eigenvalue weighted by molar-refractivity contribution is -0.113. The number of thiophene rings is 1. The summed E-state index contributed by atoms with van der Waals surface area (Å²) in [6.07, 6.45) is 0. The van der Waals surface area contributed by atoms with Crippen LogP contribution in [0.4, 0.5) is 5.13 Å². The predicted molar refractivity (Wildman–Crippen MR) is 127 cm³/mol. The fraction of sp³-hybridized carbons (Fsp3) is 0.238. The molecule has 10 heteroatoms. The number of nitrogens with zero attached hydrogens (tertiary/aromatic N) is 4. The fourth-order valence-electron chi connectivity index (χ4n) is 3.02. The Bertz CT molecular complexity index is 1170. The van der Waals surface area contributed by atoms with Crippen molar-refractivity contribution in [2.24, 2.45) is 0 Å². The second-order valence-corrected chi connectivity index (χ2v) is 9.61. The van der Waals surface area contributed by atoms with E-state index in [1.165, 1.54) is 23.1 Å². The highest BCUT2D eigenvalue weighted by Crippen LogP contribution is 2.32. The first-order valence-corrected chi connectivity index (χ1v) is 12.3. The van der Waals surface area contributed by atoms with Gasteiger partial charge in [0, 0.05) is 17.0 Å². The Kier molecular flexibility index (Phi) is 6.69. The number of thioether (sulfide) groups is 1. The van der Waals surface area contributed by atoms with Gasteiger partial charge in [-0.15, -0.1) is 32.9 Å². The van der Waals surface area contributed by atoms with Crippen LogP contribution in [-0.4, -0.2) is 38.5 Å². The van der Waals surface area contributed by atoms with Gasteiger partial charge < -0.3 is 14.6 Å². The van der Waals surface area contributed by atoms with E-state index in [9.17, 15) is 4.79 Å². The molecule has 0 unspecified atom stereocenters. The Morgan fingerprint density at radius 2 is 2.03 bits per heavy atom. The molecule has 0 radical (unpaired) electrons. The van der Waals surface area contributed by atoms with E-state index in [1.807, 2.05) is 60.2 Å². The number of ether oxygens (including phenoxy) is 1. The molecule has 0 aliphatic carbocycles. The lowest BCUT2D eigenvalue weighted by atomic mass is 10.1. The van der Waals surface area contributed by atoms with Crippen molar-refractivity contribution in [1.82, 2.24) is 19.7 Å². The minimum absolute atomic E-state index is 0.122. The van der Waals surface area contributed by atoms with Crippen LogP contribution in [0.25, 0.3) is 22.0 Å². The van der Waals surface area contributed by atoms with Gasteiger partial charge in [0.2, 0.25) is 5.91 Å². The average Bonchev–Trinajstić information content (AvgIpc) is 3.52. The van der Waals surface area contributed by atoms with Crippen LogP contribution in [0.1, 0.15) is 11.8 Å². The summed E-state index contributed by atoms with van der Waals surface area (Å²) in [4.78, 5) is 19.2. The van der Waals surface area contributed by atoms with Crippen LogP contribution in [0, 0.1) is 6.92 Å². The summed E-state index contributed by atoms with van der Waals surface area (Å²) in [6.45, 7) is 4.78. The van der Waals surface area contributed by atoms with E-state index in [-0.39, 0.29) is 11.7 Å². The quantitative estimate of drug-likeness (QED) is 0.356. The third-order valence-corrected chi connectivity index (χ3v) is 7.23. The highest BCUT2D eigenvalue weighted by Gasteiger charge is 2.16. The Morgan fingerprint density at radius 1 is 1.23 bits per heavy atom. The monoisotopic (exact) mass is 471 g/mol. The third-order valence-electron chi connectivity index (χ3n) is 4.51. The van der Waals surface area contributed by atoms with Crippen LogP contribution in [0.3, 0.4) is 0 Å². The molecule has 4 rings (SSSR count). The number of hydrogen-bond acceptors (Lipinski definition) is 8. The number of nitrogens with one attached hydrogen (secondary N) is 1. The second kappa shape index (κ2) is 9.63. The van der Waals surface area contributed by atoms with E-state index >= 15 is 0 Å². The van der Waals surface area contributed by atoms with E-state index in [1.54, 1.807) is 18.4 Å². The van der Waals surface area contributed by atoms with Crippen molar-refractivity contribution in [3.05, 3.63) is 46.7 Å². The number of anilines is 1. The molecule has 0 fully saturated rings. The zero-order chi connectivity index (χ0) is 21.8. The standard InChI is InChI=1S/C21H21N5O2S3/c1-4-26-19(16-6-5-11-29-16)24-25-21(26)30-12-17(27)22-20-23-18(13(2)31-20)14-7-9-15(28-3)10-8-14/h5-11H,4,12H2,1-3H3,(H,22,23,27). The number of methoxy groups -OCH3 is 1. The molecule has 1 aromatic carbocycles. The van der Waals surface area contributed by atoms with Crippen molar-refractivity contribution in [2.75, 3.05) is 18.2 Å². The van der Waals surface area contributed by atoms with Gasteiger partial charge >= 0.3 is 0 Å². The van der Waals surface area contributed by atoms with Gasteiger partial charge in [-0.1, -0.05) is 17.8 Å². The van der Waals surface area contributed by atoms with Crippen molar-refractivity contribution >= 4 is 45.5 Å². The number of carbonyl (C=O) groups is 1. The molecular formula is C21H21N5O2S3. The van der Waals surface area contributed by atoms with Gasteiger partial charge in [-0.25, -0.2) is 4.98 Å². The second-order valence-electron chi connectivity index (χ2n) is 6.52. The van der Waals surface area contributed by atoms with Crippen LogP contribution in [0.15, 0.2) is 46.9 Å². The average molecular weight is 472 g/mol.